The summed E-state index contributed by atoms with van der Waals surface area (Å²) < 4.78 is 0. The number of nitrogen functional groups attached to an aromatic ring is 1. The van der Waals surface area contributed by atoms with Gasteiger partial charge < -0.3 is 10.4 Å². The van der Waals surface area contributed by atoms with Crippen LogP contribution in [0.2, 0.25) is 0 Å². The third-order valence-electron chi connectivity index (χ3n) is 3.05. The first kappa shape index (κ1) is 15.3. The molecule has 0 spiro atoms. The van der Waals surface area contributed by atoms with Crippen molar-refractivity contribution in [2.75, 3.05) is 23.6 Å². The van der Waals surface area contributed by atoms with E-state index in [1.807, 2.05) is 20.1 Å². The first-order valence-electron chi connectivity index (χ1n) is 6.24. The Kier molecular flexibility index (Phi) is 5.03. The van der Waals surface area contributed by atoms with Crippen LogP contribution < -0.4 is 16.6 Å². The van der Waals surface area contributed by atoms with Crippen molar-refractivity contribution in [3.05, 3.63) is 10.9 Å². The van der Waals surface area contributed by atoms with E-state index in [0.717, 1.165) is 16.0 Å². The minimum absolute atomic E-state index is 0.0823. The van der Waals surface area contributed by atoms with Crippen LogP contribution in [0.3, 0.4) is 0 Å². The highest BCUT2D eigenvalue weighted by atomic mass is 32.2. The maximum Gasteiger partial charge on any atom is 0.240 e. The quantitative estimate of drug-likeness (QED) is 0.477. The number of aliphatic hydroxyl groups excluding tert-OH is 1. The SMILES string of the molecule is CSC(CO)C(C)Nc1nc(NN)nc2sc(C)cc12. The summed E-state index contributed by atoms with van der Waals surface area (Å²) >= 11 is 3.23. The van der Waals surface area contributed by atoms with Gasteiger partial charge >= 0.3 is 0 Å². The van der Waals surface area contributed by atoms with Crippen LogP contribution in [0, 0.1) is 6.92 Å². The zero-order chi connectivity index (χ0) is 14.7. The number of nitrogens with one attached hydrogen (secondary N) is 2. The number of anilines is 2. The second-order valence-corrected chi connectivity index (χ2v) is 6.82. The van der Waals surface area contributed by atoms with Crippen molar-refractivity contribution >= 4 is 45.1 Å². The van der Waals surface area contributed by atoms with Crippen LogP contribution in [0.1, 0.15) is 11.8 Å². The van der Waals surface area contributed by atoms with Crippen LogP contribution in [0.25, 0.3) is 10.2 Å². The van der Waals surface area contributed by atoms with E-state index in [1.54, 1.807) is 23.1 Å². The summed E-state index contributed by atoms with van der Waals surface area (Å²) in [5.41, 5.74) is 2.49. The maximum absolute atomic E-state index is 9.37. The van der Waals surface area contributed by atoms with Crippen molar-refractivity contribution in [1.29, 1.82) is 0 Å². The molecule has 2 aromatic rings. The largest absolute Gasteiger partial charge is 0.395 e. The average Bonchev–Trinajstić information content (AvgIpc) is 2.80. The van der Waals surface area contributed by atoms with Gasteiger partial charge in [0.2, 0.25) is 5.95 Å². The Labute approximate surface area is 126 Å². The number of hydrazine groups is 1. The van der Waals surface area contributed by atoms with E-state index < -0.39 is 0 Å². The van der Waals surface area contributed by atoms with E-state index in [2.05, 4.69) is 26.8 Å². The van der Waals surface area contributed by atoms with Gasteiger partial charge in [0.05, 0.1) is 12.0 Å². The predicted octanol–water partition coefficient (Wildman–Crippen LogP) is 1.81. The van der Waals surface area contributed by atoms with Crippen LogP contribution in [-0.2, 0) is 0 Å². The molecule has 8 heteroatoms. The van der Waals surface area contributed by atoms with Gasteiger partial charge in [0.15, 0.2) is 0 Å². The maximum atomic E-state index is 9.37. The third-order valence-corrected chi connectivity index (χ3v) is 5.16. The van der Waals surface area contributed by atoms with E-state index in [9.17, 15) is 5.11 Å². The number of aromatic nitrogens is 2. The number of nitrogens with two attached hydrogens (primary N) is 1. The molecule has 2 aromatic heterocycles. The number of hydrogen-bond acceptors (Lipinski definition) is 8. The minimum atomic E-state index is 0.0823. The molecule has 0 saturated carbocycles. The number of nitrogens with zero attached hydrogens (tertiary/aromatic N) is 2. The van der Waals surface area contributed by atoms with Crippen LogP contribution in [0.4, 0.5) is 11.8 Å². The standard InChI is InChI=1S/C12H19N5OS2/c1-6-4-8-10(14-7(2)9(5-18)19-3)15-12(17-13)16-11(8)20-6/h4,7,9,18H,5,13H2,1-3H3,(H2,14,15,16,17). The summed E-state index contributed by atoms with van der Waals surface area (Å²) in [6.45, 7) is 4.18. The monoisotopic (exact) mass is 313 g/mol. The highest BCUT2D eigenvalue weighted by Gasteiger charge is 2.18. The molecule has 2 heterocycles. The van der Waals surface area contributed by atoms with Crippen LogP contribution in [-0.4, -0.2) is 39.2 Å². The number of thioether (sulfide) groups is 1. The summed E-state index contributed by atoms with van der Waals surface area (Å²) in [5.74, 6) is 6.55. The molecule has 0 aliphatic rings. The number of aryl methyl sites for hydroxylation is 1. The Hall–Kier alpha value is -1.09. The zero-order valence-corrected chi connectivity index (χ0v) is 13.3. The summed E-state index contributed by atoms with van der Waals surface area (Å²) in [7, 11) is 0. The van der Waals surface area contributed by atoms with Crippen LogP contribution >= 0.6 is 23.1 Å². The van der Waals surface area contributed by atoms with E-state index in [1.165, 1.54) is 4.88 Å². The zero-order valence-electron chi connectivity index (χ0n) is 11.7. The van der Waals surface area contributed by atoms with Gasteiger partial charge in [-0.15, -0.1) is 11.3 Å². The summed E-state index contributed by atoms with van der Waals surface area (Å²) in [5, 5.41) is 13.8. The highest BCUT2D eigenvalue weighted by molar-refractivity contribution is 7.99. The van der Waals surface area contributed by atoms with Crippen molar-refractivity contribution in [2.24, 2.45) is 5.84 Å². The molecule has 0 fully saturated rings. The lowest BCUT2D eigenvalue weighted by Crippen LogP contribution is -2.31. The van der Waals surface area contributed by atoms with Gasteiger partial charge in [-0.1, -0.05) is 0 Å². The minimum Gasteiger partial charge on any atom is -0.395 e. The van der Waals surface area contributed by atoms with Crippen LogP contribution in [0.5, 0.6) is 0 Å². The van der Waals surface area contributed by atoms with Crippen molar-refractivity contribution in [3.63, 3.8) is 0 Å². The first-order valence-corrected chi connectivity index (χ1v) is 8.34. The number of aliphatic hydroxyl groups is 1. The van der Waals surface area contributed by atoms with Crippen molar-refractivity contribution in [1.82, 2.24) is 9.97 Å². The predicted molar refractivity (Wildman–Crippen MR) is 87.4 cm³/mol. The molecule has 0 amide bonds. The van der Waals surface area contributed by atoms with Gasteiger partial charge in [-0.2, -0.15) is 16.7 Å². The lowest BCUT2D eigenvalue weighted by atomic mass is 10.2. The second-order valence-electron chi connectivity index (χ2n) is 4.51. The summed E-state index contributed by atoms with van der Waals surface area (Å²) in [6.07, 6.45) is 1.98. The first-order chi connectivity index (χ1) is 9.58. The fourth-order valence-corrected chi connectivity index (χ4v) is 3.47. The number of hydrogen-bond donors (Lipinski definition) is 4. The van der Waals surface area contributed by atoms with Gasteiger partial charge in [-0.25, -0.2) is 10.8 Å². The van der Waals surface area contributed by atoms with Gasteiger partial charge in [-0.05, 0) is 26.2 Å². The molecule has 0 saturated heterocycles. The molecule has 5 N–H and O–H groups in total. The Morgan fingerprint density at radius 2 is 2.25 bits per heavy atom. The molecule has 2 unspecified atom stereocenters. The Bertz CT molecular complexity index is 584. The van der Waals surface area contributed by atoms with Gasteiger partial charge in [-0.3, -0.25) is 5.43 Å². The normalized spacial score (nSPS) is 14.2. The average molecular weight is 313 g/mol. The lowest BCUT2D eigenvalue weighted by Gasteiger charge is -2.22. The van der Waals surface area contributed by atoms with Gasteiger partial charge in [0.1, 0.15) is 10.6 Å². The summed E-state index contributed by atoms with van der Waals surface area (Å²) in [4.78, 5) is 10.8. The fourth-order valence-electron chi connectivity index (χ4n) is 1.96. The Morgan fingerprint density at radius 1 is 1.50 bits per heavy atom. The number of fused-ring (bicyclic) bond motifs is 1. The molecule has 2 atom stereocenters. The van der Waals surface area contributed by atoms with Gasteiger partial charge in [0.25, 0.3) is 0 Å². The topological polar surface area (TPSA) is 96.1 Å². The molecule has 6 nitrogen and oxygen atoms in total. The molecule has 110 valence electrons. The van der Waals surface area contributed by atoms with E-state index >= 15 is 0 Å². The Morgan fingerprint density at radius 3 is 2.85 bits per heavy atom. The van der Waals surface area contributed by atoms with E-state index in [-0.39, 0.29) is 17.9 Å². The second kappa shape index (κ2) is 6.57. The fraction of sp³-hybridized carbons (Fsp3) is 0.500. The number of thiophene rings is 1. The van der Waals surface area contributed by atoms with Crippen molar-refractivity contribution in [2.45, 2.75) is 25.1 Å². The molecular weight excluding hydrogens is 294 g/mol. The Balaban J connectivity index is 2.36. The smallest absolute Gasteiger partial charge is 0.240 e. The van der Waals surface area contributed by atoms with Crippen molar-refractivity contribution in [3.8, 4) is 0 Å². The third kappa shape index (κ3) is 3.14. The van der Waals surface area contributed by atoms with Crippen molar-refractivity contribution < 1.29 is 5.11 Å². The molecule has 2 rings (SSSR count). The highest BCUT2D eigenvalue weighted by Crippen LogP contribution is 2.30. The van der Waals surface area contributed by atoms with E-state index in [4.69, 9.17) is 5.84 Å². The molecule has 20 heavy (non-hydrogen) atoms. The van der Waals surface area contributed by atoms with Gasteiger partial charge in [0, 0.05) is 16.2 Å². The molecular formula is C12H19N5OS2. The molecule has 0 aromatic carbocycles. The summed E-state index contributed by atoms with van der Waals surface area (Å²) in [6, 6.07) is 2.14. The molecule has 0 aliphatic carbocycles. The number of rotatable bonds is 6. The molecule has 0 aliphatic heterocycles. The molecule has 0 radical (unpaired) electrons. The van der Waals surface area contributed by atoms with E-state index in [0.29, 0.717) is 5.95 Å². The lowest BCUT2D eigenvalue weighted by molar-refractivity contribution is 0.288. The molecule has 0 bridgehead atoms. The van der Waals surface area contributed by atoms with Crippen LogP contribution in [0.15, 0.2) is 6.07 Å².